The number of hydrogen-bond donors (Lipinski definition) is 1. The molecule has 0 aliphatic carbocycles. The average molecular weight is 511 g/mol. The molecule has 0 saturated carbocycles. The lowest BCUT2D eigenvalue weighted by atomic mass is 9.70. The zero-order chi connectivity index (χ0) is 26.6. The van der Waals surface area contributed by atoms with E-state index in [1.807, 2.05) is 34.9 Å². The molecule has 1 saturated heterocycles. The first kappa shape index (κ1) is 26.9. The summed E-state index contributed by atoms with van der Waals surface area (Å²) in [4.78, 5) is 24.3. The van der Waals surface area contributed by atoms with Gasteiger partial charge >= 0.3 is 0 Å². The zero-order valence-corrected chi connectivity index (χ0v) is 21.8. The molecule has 2 atom stereocenters. The van der Waals surface area contributed by atoms with E-state index in [0.29, 0.717) is 50.6 Å². The molecule has 8 heteroatoms. The number of carbonyl (C=O) groups is 1. The third-order valence-electron chi connectivity index (χ3n) is 6.86. The predicted octanol–water partition coefficient (Wildman–Crippen LogP) is 5.53. The number of imidazole rings is 1. The number of nitrogens with zero attached hydrogens (tertiary/aromatic N) is 3. The summed E-state index contributed by atoms with van der Waals surface area (Å²) < 4.78 is 30.9. The van der Waals surface area contributed by atoms with Crippen molar-refractivity contribution in [2.45, 2.75) is 52.5 Å². The maximum Gasteiger partial charge on any atom is 0.249 e. The Balaban J connectivity index is 1.86. The van der Waals surface area contributed by atoms with Crippen molar-refractivity contribution in [3.63, 3.8) is 0 Å². The Hall–Kier alpha value is -3.10. The van der Waals surface area contributed by atoms with Crippen LogP contribution in [0, 0.1) is 23.0 Å². The summed E-state index contributed by atoms with van der Waals surface area (Å²) in [5.41, 5.74) is 6.94. The second kappa shape index (κ2) is 11.5. The Morgan fingerprint density at radius 1 is 1.16 bits per heavy atom. The molecule has 1 fully saturated rings. The van der Waals surface area contributed by atoms with Crippen molar-refractivity contribution in [1.29, 1.82) is 0 Å². The molecule has 0 radical (unpaired) electrons. The Morgan fingerprint density at radius 2 is 1.92 bits per heavy atom. The number of nitrogens with two attached hydrogens (primary N) is 1. The normalized spacial score (nSPS) is 15.7. The molecule has 1 aromatic heterocycles. The molecule has 2 N–H and O–H groups in total. The highest BCUT2D eigenvalue weighted by Gasteiger charge is 2.43. The van der Waals surface area contributed by atoms with E-state index in [0.717, 1.165) is 30.2 Å². The Kier molecular flexibility index (Phi) is 8.39. The van der Waals surface area contributed by atoms with Crippen molar-refractivity contribution < 1.29 is 18.4 Å². The Bertz CT molecular complexity index is 1200. The van der Waals surface area contributed by atoms with Gasteiger partial charge in [0.15, 0.2) is 0 Å². The first-order valence-corrected chi connectivity index (χ1v) is 12.9. The first-order chi connectivity index (χ1) is 17.7. The second-order valence-electron chi connectivity index (χ2n) is 10.7. The van der Waals surface area contributed by atoms with E-state index >= 15 is 0 Å². The van der Waals surface area contributed by atoms with Gasteiger partial charge in [0, 0.05) is 24.2 Å². The highest BCUT2D eigenvalue weighted by molar-refractivity contribution is 5.79. The molecule has 1 aliphatic rings. The van der Waals surface area contributed by atoms with Gasteiger partial charge in [-0.05, 0) is 55.0 Å². The SMILES string of the molecule is CC(C)(C)[C@H](c1nc(-c2cc(F)ccc2F)cn1Cc1ccccc1)C(CCCN)C(=O)N1CCCO1. The summed E-state index contributed by atoms with van der Waals surface area (Å²) in [7, 11) is 0. The summed E-state index contributed by atoms with van der Waals surface area (Å²) in [6, 6.07) is 13.2. The minimum atomic E-state index is -0.550. The third-order valence-corrected chi connectivity index (χ3v) is 6.86. The maximum absolute atomic E-state index is 14.8. The summed E-state index contributed by atoms with van der Waals surface area (Å²) in [5, 5.41) is 1.47. The molecule has 2 heterocycles. The van der Waals surface area contributed by atoms with Crippen LogP contribution in [0.25, 0.3) is 11.3 Å². The number of halogens is 2. The number of hydrogen-bond acceptors (Lipinski definition) is 4. The summed E-state index contributed by atoms with van der Waals surface area (Å²) in [6.07, 6.45) is 3.79. The van der Waals surface area contributed by atoms with Crippen LogP contribution in [0.15, 0.2) is 54.7 Å². The number of carbonyl (C=O) groups excluding carboxylic acids is 1. The molecule has 0 bridgehead atoms. The van der Waals surface area contributed by atoms with E-state index in [-0.39, 0.29) is 22.8 Å². The summed E-state index contributed by atoms with van der Waals surface area (Å²) >= 11 is 0. The summed E-state index contributed by atoms with van der Waals surface area (Å²) in [6.45, 7) is 8.23. The lowest BCUT2D eigenvalue weighted by Gasteiger charge is -2.37. The van der Waals surface area contributed by atoms with Crippen LogP contribution < -0.4 is 5.73 Å². The minimum absolute atomic E-state index is 0.0846. The van der Waals surface area contributed by atoms with E-state index in [2.05, 4.69) is 20.8 Å². The van der Waals surface area contributed by atoms with Gasteiger partial charge in [0.1, 0.15) is 17.5 Å². The van der Waals surface area contributed by atoms with E-state index in [4.69, 9.17) is 15.6 Å². The lowest BCUT2D eigenvalue weighted by Crippen LogP contribution is -2.41. The Morgan fingerprint density at radius 3 is 2.57 bits per heavy atom. The van der Waals surface area contributed by atoms with Crippen molar-refractivity contribution in [3.05, 3.63) is 77.8 Å². The first-order valence-electron chi connectivity index (χ1n) is 12.9. The number of hydroxylamine groups is 2. The summed E-state index contributed by atoms with van der Waals surface area (Å²) in [5.74, 6) is -1.28. The van der Waals surface area contributed by atoms with Crippen LogP contribution >= 0.6 is 0 Å². The van der Waals surface area contributed by atoms with Crippen LogP contribution in [0.4, 0.5) is 8.78 Å². The fourth-order valence-electron chi connectivity index (χ4n) is 5.16. The highest BCUT2D eigenvalue weighted by atomic mass is 19.1. The van der Waals surface area contributed by atoms with Crippen LogP contribution in [0.2, 0.25) is 0 Å². The van der Waals surface area contributed by atoms with Gasteiger partial charge in [-0.3, -0.25) is 9.63 Å². The number of aromatic nitrogens is 2. The van der Waals surface area contributed by atoms with Gasteiger partial charge in [-0.25, -0.2) is 18.8 Å². The number of rotatable bonds is 9. The van der Waals surface area contributed by atoms with Gasteiger partial charge in [0.05, 0.1) is 24.8 Å². The van der Waals surface area contributed by atoms with Gasteiger partial charge in [-0.2, -0.15) is 0 Å². The molecular formula is C29H36F2N4O2. The molecule has 1 amide bonds. The molecule has 3 aromatic rings. The molecule has 0 spiro atoms. The molecule has 1 aliphatic heterocycles. The van der Waals surface area contributed by atoms with Crippen molar-refractivity contribution in [2.75, 3.05) is 19.7 Å². The Labute approximate surface area is 217 Å². The van der Waals surface area contributed by atoms with Crippen LogP contribution in [0.3, 0.4) is 0 Å². The molecule has 6 nitrogen and oxygen atoms in total. The highest BCUT2D eigenvalue weighted by Crippen LogP contribution is 2.44. The number of amides is 1. The van der Waals surface area contributed by atoms with Crippen molar-refractivity contribution in [2.24, 2.45) is 17.1 Å². The average Bonchev–Trinajstić information content (AvgIpc) is 3.53. The van der Waals surface area contributed by atoms with E-state index in [9.17, 15) is 13.6 Å². The topological polar surface area (TPSA) is 73.4 Å². The van der Waals surface area contributed by atoms with Gasteiger partial charge in [0.25, 0.3) is 0 Å². The number of benzene rings is 2. The molecular weight excluding hydrogens is 474 g/mol. The largest absolute Gasteiger partial charge is 0.330 e. The van der Waals surface area contributed by atoms with Gasteiger partial charge in [-0.1, -0.05) is 51.1 Å². The van der Waals surface area contributed by atoms with Crippen LogP contribution in [0.1, 0.15) is 57.3 Å². The lowest BCUT2D eigenvalue weighted by molar-refractivity contribution is -0.175. The fourth-order valence-corrected chi connectivity index (χ4v) is 5.16. The standard InChI is InChI=1S/C29H36F2N4O2/c1-29(2,3)26(22(11-7-14-32)28(36)35-15-8-16-37-35)27-33-25(23-17-21(30)12-13-24(23)31)19-34(27)18-20-9-5-4-6-10-20/h4-6,9-10,12-13,17,19,22,26H,7-8,11,14-16,18,32H2,1-3H3/t22?,26-/m0/s1. The monoisotopic (exact) mass is 510 g/mol. The fraction of sp³-hybridized carbons (Fsp3) is 0.448. The predicted molar refractivity (Wildman–Crippen MR) is 139 cm³/mol. The molecule has 4 rings (SSSR count). The van der Waals surface area contributed by atoms with Gasteiger partial charge < -0.3 is 10.3 Å². The van der Waals surface area contributed by atoms with E-state index in [1.54, 1.807) is 6.20 Å². The van der Waals surface area contributed by atoms with Crippen molar-refractivity contribution >= 4 is 5.91 Å². The molecule has 1 unspecified atom stereocenters. The molecule has 37 heavy (non-hydrogen) atoms. The molecule has 2 aromatic carbocycles. The van der Waals surface area contributed by atoms with E-state index in [1.165, 1.54) is 5.06 Å². The molecule has 198 valence electrons. The smallest absolute Gasteiger partial charge is 0.249 e. The third kappa shape index (κ3) is 6.25. The minimum Gasteiger partial charge on any atom is -0.330 e. The van der Waals surface area contributed by atoms with Gasteiger partial charge in [-0.15, -0.1) is 0 Å². The second-order valence-corrected chi connectivity index (χ2v) is 10.7. The quantitative estimate of drug-likeness (QED) is 0.411. The van der Waals surface area contributed by atoms with Crippen molar-refractivity contribution in [1.82, 2.24) is 14.6 Å². The van der Waals surface area contributed by atoms with Crippen LogP contribution in [-0.4, -0.2) is 40.2 Å². The van der Waals surface area contributed by atoms with Crippen LogP contribution in [0.5, 0.6) is 0 Å². The zero-order valence-electron chi connectivity index (χ0n) is 21.8. The van der Waals surface area contributed by atoms with Crippen LogP contribution in [-0.2, 0) is 16.2 Å². The van der Waals surface area contributed by atoms with E-state index < -0.39 is 17.6 Å². The van der Waals surface area contributed by atoms with Crippen molar-refractivity contribution in [3.8, 4) is 11.3 Å². The maximum atomic E-state index is 14.8. The van der Waals surface area contributed by atoms with Gasteiger partial charge in [0.2, 0.25) is 5.91 Å².